The van der Waals surface area contributed by atoms with E-state index in [2.05, 4.69) is 0 Å². The second-order valence-electron chi connectivity index (χ2n) is 1.80. The Labute approximate surface area is 63.0 Å². The number of aliphatic carboxylic acids is 1. The number of halogens is 1. The van der Waals surface area contributed by atoms with Gasteiger partial charge in [-0.05, 0) is 0 Å². The molecule has 0 aliphatic rings. The summed E-state index contributed by atoms with van der Waals surface area (Å²) in [5.41, 5.74) is 5.11. The zero-order valence-electron chi connectivity index (χ0n) is 5.21. The van der Waals surface area contributed by atoms with E-state index < -0.39 is 17.8 Å². The molecular weight excluding hydrogens is 158 g/mol. The lowest BCUT2D eigenvalue weighted by Gasteiger charge is -2.02. The smallest absolute Gasteiger partial charge is 0.305 e. The van der Waals surface area contributed by atoms with Crippen LogP contribution in [-0.4, -0.2) is 28.8 Å². The third-order valence-corrected chi connectivity index (χ3v) is 1.20. The van der Waals surface area contributed by atoms with Crippen molar-refractivity contribution in [3.63, 3.8) is 0 Å². The van der Waals surface area contributed by atoms with E-state index in [1.807, 2.05) is 0 Å². The highest BCUT2D eigenvalue weighted by atomic mass is 35.5. The number of hydrogen-bond donors (Lipinski definition) is 2. The van der Waals surface area contributed by atoms with Crippen LogP contribution in [0.5, 0.6) is 0 Å². The molecule has 0 saturated carbocycles. The number of carboxylic acids is 1. The van der Waals surface area contributed by atoms with E-state index in [1.165, 1.54) is 0 Å². The summed E-state index contributed by atoms with van der Waals surface area (Å²) in [7, 11) is 0. The van der Waals surface area contributed by atoms with Gasteiger partial charge in [-0.25, -0.2) is 0 Å². The number of carbonyl (C=O) groups excluding carboxylic acids is 1. The molecule has 5 heteroatoms. The average Bonchev–Trinajstić information content (AvgIpc) is 1.85. The minimum absolute atomic E-state index is 0.228. The Hall–Kier alpha value is -0.610. The normalized spacial score (nSPS) is 12.6. The largest absolute Gasteiger partial charge is 0.481 e. The average molecular weight is 166 g/mol. The topological polar surface area (TPSA) is 80.4 Å². The van der Waals surface area contributed by atoms with Crippen LogP contribution in [0.2, 0.25) is 0 Å². The number of ketones is 1. The number of hydrogen-bond acceptors (Lipinski definition) is 3. The zero-order chi connectivity index (χ0) is 8.15. The van der Waals surface area contributed by atoms with Crippen LogP contribution in [0.15, 0.2) is 0 Å². The minimum atomic E-state index is -1.09. The standard InChI is InChI=1S/C5H8ClNO3/c6-2-4(8)3(7)1-5(9)10/h3H,1-2,7H2,(H,9,10)/t3-/m0/s1. The predicted molar refractivity (Wildman–Crippen MR) is 36.0 cm³/mol. The van der Waals surface area contributed by atoms with Crippen molar-refractivity contribution in [3.05, 3.63) is 0 Å². The van der Waals surface area contributed by atoms with Gasteiger partial charge in [0.15, 0.2) is 5.78 Å². The summed E-state index contributed by atoms with van der Waals surface area (Å²) in [5, 5.41) is 8.15. The first-order valence-electron chi connectivity index (χ1n) is 2.64. The third kappa shape index (κ3) is 3.42. The first kappa shape index (κ1) is 9.39. The molecule has 0 aromatic rings. The second-order valence-corrected chi connectivity index (χ2v) is 2.07. The number of carboxylic acid groups (broad SMARTS) is 1. The van der Waals surface area contributed by atoms with Gasteiger partial charge in [-0.3, -0.25) is 9.59 Å². The lowest BCUT2D eigenvalue weighted by molar-refractivity contribution is -0.138. The third-order valence-electron chi connectivity index (χ3n) is 0.940. The van der Waals surface area contributed by atoms with Crippen LogP contribution in [-0.2, 0) is 9.59 Å². The molecule has 0 rings (SSSR count). The van der Waals surface area contributed by atoms with Crippen molar-refractivity contribution >= 4 is 23.4 Å². The molecule has 1 atom stereocenters. The zero-order valence-corrected chi connectivity index (χ0v) is 5.97. The number of Topliss-reactive ketones (excluding diaryl/α,β-unsaturated/α-hetero) is 1. The molecule has 0 aliphatic carbocycles. The number of nitrogens with two attached hydrogens (primary N) is 1. The molecule has 4 nitrogen and oxygen atoms in total. The quantitative estimate of drug-likeness (QED) is 0.556. The van der Waals surface area contributed by atoms with Gasteiger partial charge >= 0.3 is 5.97 Å². The fourth-order valence-electron chi connectivity index (χ4n) is 0.401. The van der Waals surface area contributed by atoms with E-state index >= 15 is 0 Å². The number of alkyl halides is 1. The molecule has 0 heterocycles. The van der Waals surface area contributed by atoms with Crippen LogP contribution in [0.3, 0.4) is 0 Å². The molecule has 0 fully saturated rings. The van der Waals surface area contributed by atoms with Crippen LogP contribution in [0, 0.1) is 0 Å². The summed E-state index contributed by atoms with van der Waals surface area (Å²) >= 11 is 5.11. The molecule has 10 heavy (non-hydrogen) atoms. The Morgan fingerprint density at radius 2 is 2.10 bits per heavy atom. The van der Waals surface area contributed by atoms with Crippen molar-refractivity contribution in [3.8, 4) is 0 Å². The summed E-state index contributed by atoms with van der Waals surface area (Å²) in [6.45, 7) is 0. The molecule has 0 aromatic heterocycles. The van der Waals surface area contributed by atoms with Gasteiger partial charge in [0.05, 0.1) is 18.3 Å². The Balaban J connectivity index is 3.72. The van der Waals surface area contributed by atoms with Gasteiger partial charge < -0.3 is 10.8 Å². The summed E-state index contributed by atoms with van der Waals surface area (Å²) in [5.74, 6) is -1.76. The monoisotopic (exact) mass is 165 g/mol. The maximum absolute atomic E-state index is 10.5. The maximum atomic E-state index is 10.5. The Kier molecular flexibility index (Phi) is 3.99. The number of rotatable bonds is 4. The second kappa shape index (κ2) is 4.24. The van der Waals surface area contributed by atoms with E-state index in [-0.39, 0.29) is 12.3 Å². The van der Waals surface area contributed by atoms with Gasteiger partial charge in [0, 0.05) is 0 Å². The van der Waals surface area contributed by atoms with Crippen LogP contribution in [0.1, 0.15) is 6.42 Å². The van der Waals surface area contributed by atoms with Crippen LogP contribution < -0.4 is 5.73 Å². The molecule has 58 valence electrons. The highest BCUT2D eigenvalue weighted by molar-refractivity contribution is 6.28. The van der Waals surface area contributed by atoms with Gasteiger partial charge in [0.1, 0.15) is 0 Å². The van der Waals surface area contributed by atoms with E-state index in [0.717, 1.165) is 0 Å². The highest BCUT2D eigenvalue weighted by Crippen LogP contribution is 1.91. The molecular formula is C5H8ClNO3. The summed E-state index contributed by atoms with van der Waals surface area (Å²) in [4.78, 5) is 20.5. The lowest BCUT2D eigenvalue weighted by Crippen LogP contribution is -2.33. The van der Waals surface area contributed by atoms with Gasteiger partial charge in [0.2, 0.25) is 0 Å². The molecule has 0 aliphatic heterocycles. The molecule has 0 radical (unpaired) electrons. The first-order chi connectivity index (χ1) is 4.57. The van der Waals surface area contributed by atoms with Gasteiger partial charge in [0.25, 0.3) is 0 Å². The van der Waals surface area contributed by atoms with Crippen molar-refractivity contribution in [2.24, 2.45) is 5.73 Å². The molecule has 0 aromatic carbocycles. The predicted octanol–water partition coefficient (Wildman–Crippen LogP) is -0.404. The summed E-state index contributed by atoms with van der Waals surface area (Å²) in [6, 6.07) is -0.963. The SMILES string of the molecule is N[C@@H](CC(=O)O)C(=O)CCl. The van der Waals surface area contributed by atoms with E-state index in [1.54, 1.807) is 0 Å². The van der Waals surface area contributed by atoms with E-state index in [9.17, 15) is 9.59 Å². The molecule has 3 N–H and O–H groups in total. The Morgan fingerprint density at radius 1 is 1.60 bits per heavy atom. The van der Waals surface area contributed by atoms with Crippen LogP contribution in [0.25, 0.3) is 0 Å². The Bertz CT molecular complexity index is 148. The van der Waals surface area contributed by atoms with E-state index in [4.69, 9.17) is 22.4 Å². The van der Waals surface area contributed by atoms with Gasteiger partial charge in [-0.1, -0.05) is 0 Å². The molecule has 0 unspecified atom stereocenters. The molecule has 0 amide bonds. The Morgan fingerprint density at radius 3 is 2.40 bits per heavy atom. The number of carbonyl (C=O) groups is 2. The van der Waals surface area contributed by atoms with Crippen molar-refractivity contribution in [1.29, 1.82) is 0 Å². The van der Waals surface area contributed by atoms with Crippen molar-refractivity contribution in [1.82, 2.24) is 0 Å². The van der Waals surface area contributed by atoms with Crippen LogP contribution in [0.4, 0.5) is 0 Å². The maximum Gasteiger partial charge on any atom is 0.305 e. The summed E-state index contributed by atoms with van der Waals surface area (Å²) < 4.78 is 0. The lowest BCUT2D eigenvalue weighted by atomic mass is 10.1. The van der Waals surface area contributed by atoms with Crippen molar-refractivity contribution in [2.75, 3.05) is 5.88 Å². The van der Waals surface area contributed by atoms with Crippen molar-refractivity contribution in [2.45, 2.75) is 12.5 Å². The van der Waals surface area contributed by atoms with Crippen LogP contribution >= 0.6 is 11.6 Å². The van der Waals surface area contributed by atoms with Gasteiger partial charge in [-0.15, -0.1) is 11.6 Å². The summed E-state index contributed by atoms with van der Waals surface area (Å²) in [6.07, 6.45) is -0.356. The minimum Gasteiger partial charge on any atom is -0.481 e. The molecule has 0 bridgehead atoms. The molecule has 0 saturated heterocycles. The van der Waals surface area contributed by atoms with Crippen molar-refractivity contribution < 1.29 is 14.7 Å². The first-order valence-corrected chi connectivity index (χ1v) is 3.17. The van der Waals surface area contributed by atoms with E-state index in [0.29, 0.717) is 0 Å². The molecule has 0 spiro atoms. The van der Waals surface area contributed by atoms with Gasteiger partial charge in [-0.2, -0.15) is 0 Å². The highest BCUT2D eigenvalue weighted by Gasteiger charge is 2.14. The fraction of sp³-hybridized carbons (Fsp3) is 0.600. The fourth-order valence-corrected chi connectivity index (χ4v) is 0.599.